The van der Waals surface area contributed by atoms with Gasteiger partial charge in [0.2, 0.25) is 5.91 Å². The molecule has 2 aromatic heterocycles. The molecule has 1 saturated carbocycles. The minimum Gasteiger partial charge on any atom is -0.467 e. The highest BCUT2D eigenvalue weighted by atomic mass is 32.2. The van der Waals surface area contributed by atoms with E-state index in [0.717, 1.165) is 52.7 Å². The number of hydrazone groups is 1. The Morgan fingerprint density at radius 2 is 1.94 bits per heavy atom. The highest BCUT2D eigenvalue weighted by Gasteiger charge is 2.45. The SMILES string of the molecule is CC(=O)Nc1ccc(SCC(=O)N2N=C3C(=Cc4ccco4)CCCC3C2c2ccco2)cc1. The highest BCUT2D eigenvalue weighted by Crippen LogP contribution is 2.44. The monoisotopic (exact) mass is 475 g/mol. The molecule has 1 aromatic carbocycles. The van der Waals surface area contributed by atoms with Gasteiger partial charge >= 0.3 is 0 Å². The van der Waals surface area contributed by atoms with Crippen molar-refractivity contribution in [3.63, 3.8) is 0 Å². The summed E-state index contributed by atoms with van der Waals surface area (Å²) in [4.78, 5) is 25.5. The topological polar surface area (TPSA) is 88.0 Å². The number of fused-ring (bicyclic) bond motifs is 1. The van der Waals surface area contributed by atoms with Crippen molar-refractivity contribution in [2.45, 2.75) is 37.1 Å². The molecule has 3 aromatic rings. The summed E-state index contributed by atoms with van der Waals surface area (Å²) >= 11 is 1.45. The Hall–Kier alpha value is -3.52. The van der Waals surface area contributed by atoms with Gasteiger partial charge in [-0.15, -0.1) is 11.8 Å². The maximum atomic E-state index is 13.4. The van der Waals surface area contributed by atoms with Crippen molar-refractivity contribution in [1.82, 2.24) is 5.01 Å². The number of allylic oxidation sites excluding steroid dienone is 1. The number of carbonyl (C=O) groups is 2. The van der Waals surface area contributed by atoms with E-state index < -0.39 is 0 Å². The average molecular weight is 476 g/mol. The molecule has 8 heteroatoms. The quantitative estimate of drug-likeness (QED) is 0.459. The second-order valence-corrected chi connectivity index (χ2v) is 9.41. The fraction of sp³-hybridized carbons (Fsp3) is 0.269. The summed E-state index contributed by atoms with van der Waals surface area (Å²) in [6.45, 7) is 1.47. The van der Waals surface area contributed by atoms with Gasteiger partial charge in [0.05, 0.1) is 24.0 Å². The molecule has 2 aliphatic rings. The smallest absolute Gasteiger partial charge is 0.253 e. The van der Waals surface area contributed by atoms with Gasteiger partial charge in [0, 0.05) is 23.4 Å². The molecule has 7 nitrogen and oxygen atoms in total. The number of benzene rings is 1. The van der Waals surface area contributed by atoms with Crippen molar-refractivity contribution in [3.05, 3.63) is 78.2 Å². The minimum atomic E-state index is -0.249. The van der Waals surface area contributed by atoms with E-state index in [4.69, 9.17) is 13.9 Å². The molecule has 0 saturated heterocycles. The van der Waals surface area contributed by atoms with Crippen molar-refractivity contribution in [3.8, 4) is 0 Å². The van der Waals surface area contributed by atoms with Crippen LogP contribution in [-0.2, 0) is 9.59 Å². The normalized spacial score (nSPS) is 20.8. The number of rotatable bonds is 6. The fourth-order valence-electron chi connectivity index (χ4n) is 4.54. The first-order chi connectivity index (χ1) is 16.6. The predicted octanol–water partition coefficient (Wildman–Crippen LogP) is 5.75. The van der Waals surface area contributed by atoms with Crippen molar-refractivity contribution < 1.29 is 18.4 Å². The van der Waals surface area contributed by atoms with E-state index in [1.807, 2.05) is 54.6 Å². The van der Waals surface area contributed by atoms with E-state index in [-0.39, 0.29) is 29.5 Å². The van der Waals surface area contributed by atoms with Crippen LogP contribution in [0.15, 0.2) is 85.5 Å². The number of carbonyl (C=O) groups excluding carboxylic acids is 2. The summed E-state index contributed by atoms with van der Waals surface area (Å²) in [5.41, 5.74) is 2.79. The van der Waals surface area contributed by atoms with Gasteiger partial charge in [-0.1, -0.05) is 0 Å². The van der Waals surface area contributed by atoms with Crippen molar-refractivity contribution in [2.75, 3.05) is 11.1 Å². The number of thioether (sulfide) groups is 1. The van der Waals surface area contributed by atoms with Gasteiger partial charge in [0.15, 0.2) is 0 Å². The molecule has 34 heavy (non-hydrogen) atoms. The molecule has 2 unspecified atom stereocenters. The van der Waals surface area contributed by atoms with E-state index in [1.165, 1.54) is 18.7 Å². The van der Waals surface area contributed by atoms with Crippen molar-refractivity contribution in [2.24, 2.45) is 11.0 Å². The predicted molar refractivity (Wildman–Crippen MR) is 131 cm³/mol. The molecule has 1 aliphatic heterocycles. The molecule has 3 heterocycles. The largest absolute Gasteiger partial charge is 0.467 e. The third kappa shape index (κ3) is 4.72. The first kappa shape index (κ1) is 22.3. The lowest BCUT2D eigenvalue weighted by atomic mass is 9.79. The third-order valence-corrected chi connectivity index (χ3v) is 6.99. The lowest BCUT2D eigenvalue weighted by Crippen LogP contribution is -2.32. The number of nitrogens with one attached hydrogen (secondary N) is 1. The third-order valence-electron chi connectivity index (χ3n) is 5.99. The lowest BCUT2D eigenvalue weighted by Gasteiger charge is -2.27. The summed E-state index contributed by atoms with van der Waals surface area (Å²) in [7, 11) is 0. The summed E-state index contributed by atoms with van der Waals surface area (Å²) in [5, 5.41) is 9.20. The Bertz CT molecular complexity index is 1210. The summed E-state index contributed by atoms with van der Waals surface area (Å²) in [6.07, 6.45) is 8.20. The first-order valence-electron chi connectivity index (χ1n) is 11.3. The van der Waals surface area contributed by atoms with E-state index in [9.17, 15) is 9.59 Å². The molecule has 0 bridgehead atoms. The van der Waals surface area contributed by atoms with Crippen LogP contribution in [0.1, 0.15) is 43.7 Å². The van der Waals surface area contributed by atoms with Gasteiger partial charge in [-0.25, -0.2) is 5.01 Å². The van der Waals surface area contributed by atoms with Gasteiger partial charge in [-0.2, -0.15) is 5.10 Å². The summed E-state index contributed by atoms with van der Waals surface area (Å²) in [6, 6.07) is 14.8. The molecule has 0 radical (unpaired) electrons. The number of anilines is 1. The zero-order valence-corrected chi connectivity index (χ0v) is 19.6. The van der Waals surface area contributed by atoms with Crippen molar-refractivity contribution in [1.29, 1.82) is 0 Å². The Labute approximate surface area is 201 Å². The van der Waals surface area contributed by atoms with Crippen LogP contribution in [0.25, 0.3) is 6.08 Å². The standard InChI is InChI=1S/C26H25N3O4S/c1-17(30)27-19-9-11-21(12-10-19)34-16-24(31)29-26(23-8-4-14-33-23)22-7-2-5-18(25(22)28-29)15-20-6-3-13-32-20/h3-4,6,8-15,22,26H,2,5,7,16H2,1H3,(H,27,30). The average Bonchev–Trinajstić information content (AvgIpc) is 3.59. The number of amides is 2. The fourth-order valence-corrected chi connectivity index (χ4v) is 5.29. The van der Waals surface area contributed by atoms with Crippen LogP contribution in [0, 0.1) is 5.92 Å². The van der Waals surface area contributed by atoms with E-state index in [2.05, 4.69) is 5.32 Å². The van der Waals surface area contributed by atoms with Crippen LogP contribution in [0.5, 0.6) is 0 Å². The Balaban J connectivity index is 1.36. The summed E-state index contributed by atoms with van der Waals surface area (Å²) in [5.74, 6) is 1.69. The van der Waals surface area contributed by atoms with Gasteiger partial charge in [-0.05, 0) is 79.4 Å². The van der Waals surface area contributed by atoms with Crippen LogP contribution in [0.2, 0.25) is 0 Å². The maximum Gasteiger partial charge on any atom is 0.253 e. The molecule has 1 fully saturated rings. The summed E-state index contributed by atoms with van der Waals surface area (Å²) < 4.78 is 11.3. The van der Waals surface area contributed by atoms with E-state index in [1.54, 1.807) is 17.5 Å². The number of furan rings is 2. The Morgan fingerprint density at radius 3 is 2.65 bits per heavy atom. The zero-order valence-electron chi connectivity index (χ0n) is 18.8. The Kier molecular flexibility index (Phi) is 6.40. The number of hydrogen-bond acceptors (Lipinski definition) is 6. The highest BCUT2D eigenvalue weighted by molar-refractivity contribution is 8.00. The molecule has 1 N–H and O–H groups in total. The maximum absolute atomic E-state index is 13.4. The number of hydrogen-bond donors (Lipinski definition) is 1. The molecule has 174 valence electrons. The minimum absolute atomic E-state index is 0.0726. The Morgan fingerprint density at radius 1 is 1.15 bits per heavy atom. The van der Waals surface area contributed by atoms with Crippen LogP contribution in [0.3, 0.4) is 0 Å². The lowest BCUT2D eigenvalue weighted by molar-refractivity contribution is -0.131. The van der Waals surface area contributed by atoms with Gasteiger partial charge in [-0.3, -0.25) is 9.59 Å². The molecular formula is C26H25N3O4S. The van der Waals surface area contributed by atoms with Gasteiger partial charge in [0.25, 0.3) is 5.91 Å². The first-order valence-corrected chi connectivity index (χ1v) is 12.3. The zero-order chi connectivity index (χ0) is 23.5. The molecule has 0 spiro atoms. The van der Waals surface area contributed by atoms with Crippen LogP contribution >= 0.6 is 11.8 Å². The molecule has 5 rings (SSSR count). The molecular weight excluding hydrogens is 450 g/mol. The van der Waals surface area contributed by atoms with Gasteiger partial charge < -0.3 is 14.2 Å². The second kappa shape index (κ2) is 9.77. The van der Waals surface area contributed by atoms with E-state index in [0.29, 0.717) is 0 Å². The van der Waals surface area contributed by atoms with Crippen LogP contribution in [0.4, 0.5) is 5.69 Å². The molecule has 1 aliphatic carbocycles. The van der Waals surface area contributed by atoms with Crippen LogP contribution < -0.4 is 5.32 Å². The van der Waals surface area contributed by atoms with Crippen molar-refractivity contribution >= 4 is 41.1 Å². The van der Waals surface area contributed by atoms with E-state index >= 15 is 0 Å². The van der Waals surface area contributed by atoms with Crippen LogP contribution in [-0.4, -0.2) is 28.3 Å². The molecule has 2 amide bonds. The molecule has 2 atom stereocenters. The number of nitrogens with zero attached hydrogens (tertiary/aromatic N) is 2. The van der Waals surface area contributed by atoms with Gasteiger partial charge in [0.1, 0.15) is 17.6 Å². The second-order valence-electron chi connectivity index (χ2n) is 8.36.